The number of halogens is 2. The molecular formula is C10H10BrF. The zero-order chi connectivity index (χ0) is 9.14. The Labute approximate surface area is 80.2 Å². The van der Waals surface area contributed by atoms with Gasteiger partial charge in [0.05, 0.1) is 0 Å². The summed E-state index contributed by atoms with van der Waals surface area (Å²) in [6.45, 7) is 3.97. The van der Waals surface area contributed by atoms with Crippen LogP contribution in [0.25, 0.3) is 5.57 Å². The molecule has 0 unspecified atom stereocenters. The van der Waals surface area contributed by atoms with Gasteiger partial charge < -0.3 is 0 Å². The molecule has 0 nitrogen and oxygen atoms in total. The lowest BCUT2D eigenvalue weighted by molar-refractivity contribution is 0.627. The van der Waals surface area contributed by atoms with Crippen LogP contribution in [0.4, 0.5) is 4.39 Å². The second-order valence-corrected chi connectivity index (χ2v) is 3.85. The molecule has 0 spiro atoms. The van der Waals surface area contributed by atoms with E-state index < -0.39 is 0 Å². The Morgan fingerprint density at radius 2 is 1.67 bits per heavy atom. The van der Waals surface area contributed by atoms with Gasteiger partial charge in [-0.25, -0.2) is 4.39 Å². The van der Waals surface area contributed by atoms with Gasteiger partial charge in [-0.3, -0.25) is 0 Å². The third-order valence-electron chi connectivity index (χ3n) is 1.79. The highest BCUT2D eigenvalue weighted by atomic mass is 79.9. The SMILES string of the molecule is C/C(Br)=C(/C)c1ccc(F)cc1. The Morgan fingerprint density at radius 3 is 2.08 bits per heavy atom. The molecule has 0 atom stereocenters. The van der Waals surface area contributed by atoms with E-state index >= 15 is 0 Å². The number of hydrogen-bond acceptors (Lipinski definition) is 0. The second kappa shape index (κ2) is 3.85. The first kappa shape index (κ1) is 9.46. The minimum Gasteiger partial charge on any atom is -0.207 e. The lowest BCUT2D eigenvalue weighted by Crippen LogP contribution is -1.81. The van der Waals surface area contributed by atoms with Crippen LogP contribution in [0.15, 0.2) is 28.7 Å². The van der Waals surface area contributed by atoms with Crippen molar-refractivity contribution in [2.45, 2.75) is 13.8 Å². The fourth-order valence-corrected chi connectivity index (χ4v) is 1.13. The molecule has 1 aromatic carbocycles. The highest BCUT2D eigenvalue weighted by Crippen LogP contribution is 2.21. The van der Waals surface area contributed by atoms with Crippen LogP contribution in [-0.2, 0) is 0 Å². The zero-order valence-corrected chi connectivity index (χ0v) is 8.65. The van der Waals surface area contributed by atoms with Gasteiger partial charge in [0.1, 0.15) is 5.82 Å². The van der Waals surface area contributed by atoms with Crippen molar-refractivity contribution < 1.29 is 4.39 Å². The van der Waals surface area contributed by atoms with E-state index in [1.807, 2.05) is 13.8 Å². The predicted octanol–water partition coefficient (Wildman–Crippen LogP) is 3.97. The topological polar surface area (TPSA) is 0 Å². The van der Waals surface area contributed by atoms with Crippen LogP contribution < -0.4 is 0 Å². The van der Waals surface area contributed by atoms with Gasteiger partial charge in [0.25, 0.3) is 0 Å². The fourth-order valence-electron chi connectivity index (χ4n) is 0.899. The molecule has 0 fully saturated rings. The first-order valence-corrected chi connectivity index (χ1v) is 4.49. The number of benzene rings is 1. The summed E-state index contributed by atoms with van der Waals surface area (Å²) in [6.07, 6.45) is 0. The van der Waals surface area contributed by atoms with Crippen molar-refractivity contribution in [3.8, 4) is 0 Å². The summed E-state index contributed by atoms with van der Waals surface area (Å²) in [6, 6.07) is 6.48. The van der Waals surface area contributed by atoms with Crippen LogP contribution in [0.5, 0.6) is 0 Å². The Kier molecular flexibility index (Phi) is 3.04. The van der Waals surface area contributed by atoms with E-state index in [2.05, 4.69) is 15.9 Å². The predicted molar refractivity (Wildman–Crippen MR) is 53.6 cm³/mol. The van der Waals surface area contributed by atoms with Crippen molar-refractivity contribution in [2.75, 3.05) is 0 Å². The normalized spacial score (nSPS) is 12.7. The average molecular weight is 229 g/mol. The number of hydrogen-bond donors (Lipinski definition) is 0. The molecule has 1 aromatic rings. The molecule has 0 aromatic heterocycles. The van der Waals surface area contributed by atoms with Crippen LogP contribution in [0.3, 0.4) is 0 Å². The molecule has 64 valence electrons. The highest BCUT2D eigenvalue weighted by Gasteiger charge is 1.97. The molecule has 0 radical (unpaired) electrons. The maximum Gasteiger partial charge on any atom is 0.123 e. The second-order valence-electron chi connectivity index (χ2n) is 2.67. The summed E-state index contributed by atoms with van der Waals surface area (Å²) in [4.78, 5) is 0. The van der Waals surface area contributed by atoms with Gasteiger partial charge in [0.15, 0.2) is 0 Å². The van der Waals surface area contributed by atoms with Crippen molar-refractivity contribution in [1.29, 1.82) is 0 Å². The Bertz CT molecular complexity index is 294. The summed E-state index contributed by atoms with van der Waals surface area (Å²) >= 11 is 3.38. The molecule has 0 aliphatic rings. The van der Waals surface area contributed by atoms with Crippen LogP contribution >= 0.6 is 15.9 Å². The third kappa shape index (κ3) is 2.18. The maximum absolute atomic E-state index is 12.5. The molecule has 0 amide bonds. The van der Waals surface area contributed by atoms with Crippen molar-refractivity contribution >= 4 is 21.5 Å². The molecule has 0 bridgehead atoms. The van der Waals surface area contributed by atoms with E-state index in [0.717, 1.165) is 15.6 Å². The standard InChI is InChI=1S/C10H10BrF/c1-7(8(2)11)9-3-5-10(12)6-4-9/h3-6H,1-2H3/b8-7+. The van der Waals surface area contributed by atoms with Crippen LogP contribution in [0.1, 0.15) is 19.4 Å². The average Bonchev–Trinajstić information content (AvgIpc) is 2.04. The molecule has 0 saturated heterocycles. The van der Waals surface area contributed by atoms with Crippen molar-refractivity contribution in [2.24, 2.45) is 0 Å². The van der Waals surface area contributed by atoms with Gasteiger partial charge in [-0.2, -0.15) is 0 Å². The van der Waals surface area contributed by atoms with Gasteiger partial charge in [0, 0.05) is 0 Å². The molecular weight excluding hydrogens is 219 g/mol. The Morgan fingerprint density at radius 1 is 1.17 bits per heavy atom. The van der Waals surface area contributed by atoms with Gasteiger partial charge >= 0.3 is 0 Å². The van der Waals surface area contributed by atoms with Crippen LogP contribution in [0.2, 0.25) is 0 Å². The fraction of sp³-hybridized carbons (Fsp3) is 0.200. The lowest BCUT2D eigenvalue weighted by atomic mass is 10.1. The molecule has 1 rings (SSSR count). The quantitative estimate of drug-likeness (QED) is 0.683. The smallest absolute Gasteiger partial charge is 0.123 e. The largest absolute Gasteiger partial charge is 0.207 e. The van der Waals surface area contributed by atoms with Gasteiger partial charge in [-0.05, 0) is 41.6 Å². The monoisotopic (exact) mass is 228 g/mol. The third-order valence-corrected chi connectivity index (χ3v) is 2.39. The van der Waals surface area contributed by atoms with Gasteiger partial charge in [-0.1, -0.05) is 28.1 Å². The molecule has 0 heterocycles. The van der Waals surface area contributed by atoms with Crippen LogP contribution in [-0.4, -0.2) is 0 Å². The number of rotatable bonds is 1. The molecule has 0 aliphatic carbocycles. The maximum atomic E-state index is 12.5. The molecule has 0 aliphatic heterocycles. The van der Waals surface area contributed by atoms with E-state index in [1.165, 1.54) is 12.1 Å². The minimum absolute atomic E-state index is 0.196. The van der Waals surface area contributed by atoms with E-state index in [0.29, 0.717) is 0 Å². The highest BCUT2D eigenvalue weighted by molar-refractivity contribution is 9.11. The minimum atomic E-state index is -0.196. The summed E-state index contributed by atoms with van der Waals surface area (Å²) in [7, 11) is 0. The zero-order valence-electron chi connectivity index (χ0n) is 7.07. The van der Waals surface area contributed by atoms with Gasteiger partial charge in [0.2, 0.25) is 0 Å². The van der Waals surface area contributed by atoms with Crippen molar-refractivity contribution in [1.82, 2.24) is 0 Å². The first-order chi connectivity index (χ1) is 5.61. The van der Waals surface area contributed by atoms with E-state index in [9.17, 15) is 4.39 Å². The molecule has 0 saturated carbocycles. The van der Waals surface area contributed by atoms with Gasteiger partial charge in [-0.15, -0.1) is 0 Å². The van der Waals surface area contributed by atoms with Crippen molar-refractivity contribution in [3.63, 3.8) is 0 Å². The summed E-state index contributed by atoms with van der Waals surface area (Å²) in [5.74, 6) is -0.196. The molecule has 2 heteroatoms. The molecule has 0 N–H and O–H groups in total. The van der Waals surface area contributed by atoms with E-state index in [4.69, 9.17) is 0 Å². The van der Waals surface area contributed by atoms with Crippen molar-refractivity contribution in [3.05, 3.63) is 40.1 Å². The summed E-state index contributed by atoms with van der Waals surface area (Å²) in [5, 5.41) is 0. The Hall–Kier alpha value is -0.630. The van der Waals surface area contributed by atoms with E-state index in [-0.39, 0.29) is 5.82 Å². The number of allylic oxidation sites excluding steroid dienone is 2. The lowest BCUT2D eigenvalue weighted by Gasteiger charge is -2.01. The van der Waals surface area contributed by atoms with Crippen LogP contribution in [0, 0.1) is 5.82 Å². The molecule has 12 heavy (non-hydrogen) atoms. The summed E-state index contributed by atoms with van der Waals surface area (Å²) in [5.41, 5.74) is 2.18. The van der Waals surface area contributed by atoms with E-state index in [1.54, 1.807) is 12.1 Å². The Balaban J connectivity index is 3.06. The first-order valence-electron chi connectivity index (χ1n) is 3.70. The summed E-state index contributed by atoms with van der Waals surface area (Å²) < 4.78 is 13.6.